The Hall–Kier alpha value is -0.980. The number of sulfonamides is 1. The molecule has 6 heteroatoms. The van der Waals surface area contributed by atoms with Gasteiger partial charge in [-0.15, -0.1) is 0 Å². The van der Waals surface area contributed by atoms with Crippen LogP contribution < -0.4 is 5.73 Å². The molecular formula is C13H18N2O2S2. The van der Waals surface area contributed by atoms with E-state index in [0.717, 1.165) is 5.56 Å². The largest absolute Gasteiger partial charge is 0.393 e. The van der Waals surface area contributed by atoms with E-state index in [0.29, 0.717) is 35.8 Å². The molecule has 0 spiro atoms. The average molecular weight is 298 g/mol. The van der Waals surface area contributed by atoms with Crippen LogP contribution in [0.3, 0.4) is 0 Å². The average Bonchev–Trinajstić information content (AvgIpc) is 2.39. The molecule has 0 radical (unpaired) electrons. The third-order valence-electron chi connectivity index (χ3n) is 3.52. The van der Waals surface area contributed by atoms with E-state index in [-0.39, 0.29) is 5.92 Å². The molecule has 104 valence electrons. The first-order chi connectivity index (χ1) is 8.91. The second-order valence-electron chi connectivity index (χ2n) is 4.89. The monoisotopic (exact) mass is 298 g/mol. The number of thiocarbonyl (C=S) groups is 1. The van der Waals surface area contributed by atoms with E-state index in [9.17, 15) is 8.42 Å². The third kappa shape index (κ3) is 3.13. The second-order valence-corrected chi connectivity index (χ2v) is 7.30. The highest BCUT2D eigenvalue weighted by molar-refractivity contribution is 7.89. The number of nitrogens with zero attached hydrogens (tertiary/aromatic N) is 1. The molecule has 2 N–H and O–H groups in total. The summed E-state index contributed by atoms with van der Waals surface area (Å²) in [4.78, 5) is 0.847. The van der Waals surface area contributed by atoms with Gasteiger partial charge in [-0.1, -0.05) is 29.9 Å². The fourth-order valence-electron chi connectivity index (χ4n) is 2.24. The number of hydrogen-bond acceptors (Lipinski definition) is 3. The van der Waals surface area contributed by atoms with E-state index in [1.807, 2.05) is 19.1 Å². The SMILES string of the molecule is Cc1ccc(S(=O)(=O)N2CCC(C(N)=S)CC2)cc1. The highest BCUT2D eigenvalue weighted by Gasteiger charge is 2.30. The van der Waals surface area contributed by atoms with Crippen molar-refractivity contribution in [2.75, 3.05) is 13.1 Å². The van der Waals surface area contributed by atoms with Crippen molar-refractivity contribution >= 4 is 27.2 Å². The van der Waals surface area contributed by atoms with Crippen LogP contribution in [0.15, 0.2) is 29.2 Å². The van der Waals surface area contributed by atoms with Gasteiger partial charge in [-0.2, -0.15) is 4.31 Å². The van der Waals surface area contributed by atoms with Crippen LogP contribution in [0.1, 0.15) is 18.4 Å². The molecule has 1 saturated heterocycles. The summed E-state index contributed by atoms with van der Waals surface area (Å²) in [5.74, 6) is 0.166. The summed E-state index contributed by atoms with van der Waals surface area (Å²) in [5.41, 5.74) is 6.66. The van der Waals surface area contributed by atoms with Gasteiger partial charge < -0.3 is 5.73 Å². The van der Waals surface area contributed by atoms with Crippen LogP contribution in [0.5, 0.6) is 0 Å². The number of nitrogens with two attached hydrogens (primary N) is 1. The Labute approximate surface area is 119 Å². The predicted octanol–water partition coefficient (Wildman–Crippen LogP) is 1.68. The van der Waals surface area contributed by atoms with Gasteiger partial charge in [0.15, 0.2) is 0 Å². The van der Waals surface area contributed by atoms with Gasteiger partial charge >= 0.3 is 0 Å². The standard InChI is InChI=1S/C13H18N2O2S2/c1-10-2-4-12(5-3-10)19(16,17)15-8-6-11(7-9-15)13(14)18/h2-5,11H,6-9H2,1H3,(H2,14,18). The first-order valence-electron chi connectivity index (χ1n) is 6.27. The molecule has 1 fully saturated rings. The van der Waals surface area contributed by atoms with Crippen molar-refractivity contribution in [3.8, 4) is 0 Å². The van der Waals surface area contributed by atoms with Gasteiger partial charge in [0, 0.05) is 19.0 Å². The van der Waals surface area contributed by atoms with Gasteiger partial charge in [0.1, 0.15) is 0 Å². The number of benzene rings is 1. The second kappa shape index (κ2) is 5.56. The fourth-order valence-corrected chi connectivity index (χ4v) is 3.95. The highest BCUT2D eigenvalue weighted by atomic mass is 32.2. The molecule has 0 bridgehead atoms. The minimum Gasteiger partial charge on any atom is -0.393 e. The lowest BCUT2D eigenvalue weighted by atomic mass is 9.98. The number of rotatable bonds is 3. The summed E-state index contributed by atoms with van der Waals surface area (Å²) < 4.78 is 26.4. The summed E-state index contributed by atoms with van der Waals surface area (Å²) in [6, 6.07) is 6.94. The van der Waals surface area contributed by atoms with Gasteiger partial charge in [-0.3, -0.25) is 0 Å². The van der Waals surface area contributed by atoms with E-state index >= 15 is 0 Å². The Bertz CT molecular complexity index is 559. The summed E-state index contributed by atoms with van der Waals surface area (Å²) in [6.45, 7) is 2.90. The van der Waals surface area contributed by atoms with Gasteiger partial charge in [0.05, 0.1) is 9.88 Å². The zero-order chi connectivity index (χ0) is 14.0. The zero-order valence-corrected chi connectivity index (χ0v) is 12.5. The van der Waals surface area contributed by atoms with Crippen LogP contribution >= 0.6 is 12.2 Å². The maximum Gasteiger partial charge on any atom is 0.243 e. The number of piperidine rings is 1. The lowest BCUT2D eigenvalue weighted by Gasteiger charge is -2.30. The Balaban J connectivity index is 2.14. The van der Waals surface area contributed by atoms with Gasteiger partial charge in [0.2, 0.25) is 10.0 Å². The van der Waals surface area contributed by atoms with Gasteiger partial charge in [-0.05, 0) is 31.9 Å². The number of hydrogen-bond donors (Lipinski definition) is 1. The zero-order valence-electron chi connectivity index (χ0n) is 10.9. The molecule has 0 saturated carbocycles. The topological polar surface area (TPSA) is 63.4 Å². The van der Waals surface area contributed by atoms with Crippen LogP contribution in [0, 0.1) is 12.8 Å². The van der Waals surface area contributed by atoms with Crippen LogP contribution in [-0.4, -0.2) is 30.8 Å². The first-order valence-corrected chi connectivity index (χ1v) is 8.12. The normalized spacial score (nSPS) is 18.4. The van der Waals surface area contributed by atoms with Gasteiger partial charge in [0.25, 0.3) is 0 Å². The van der Waals surface area contributed by atoms with Crippen LogP contribution in [0.25, 0.3) is 0 Å². The van der Waals surface area contributed by atoms with Crippen LogP contribution in [-0.2, 0) is 10.0 Å². The summed E-state index contributed by atoms with van der Waals surface area (Å²) in [7, 11) is -3.38. The van der Waals surface area contributed by atoms with E-state index in [1.54, 1.807) is 12.1 Å². The van der Waals surface area contributed by atoms with Crippen molar-refractivity contribution in [1.29, 1.82) is 0 Å². The van der Waals surface area contributed by atoms with Crippen molar-refractivity contribution in [2.45, 2.75) is 24.7 Å². The lowest BCUT2D eigenvalue weighted by Crippen LogP contribution is -2.41. The maximum absolute atomic E-state index is 12.4. The first kappa shape index (κ1) is 14.4. The summed E-state index contributed by atoms with van der Waals surface area (Å²) in [5, 5.41) is 0. The lowest BCUT2D eigenvalue weighted by molar-refractivity contribution is 0.316. The molecule has 0 atom stereocenters. The van der Waals surface area contributed by atoms with E-state index in [2.05, 4.69) is 0 Å². The molecule has 4 nitrogen and oxygen atoms in total. The Morgan fingerprint density at radius 3 is 2.26 bits per heavy atom. The molecule has 19 heavy (non-hydrogen) atoms. The maximum atomic E-state index is 12.4. The van der Waals surface area contributed by atoms with Crippen molar-refractivity contribution in [2.24, 2.45) is 11.7 Å². The molecule has 1 heterocycles. The Kier molecular flexibility index (Phi) is 4.23. The molecule has 1 aliphatic heterocycles. The third-order valence-corrected chi connectivity index (χ3v) is 5.76. The minimum absolute atomic E-state index is 0.166. The summed E-state index contributed by atoms with van der Waals surface area (Å²) >= 11 is 4.97. The van der Waals surface area contributed by atoms with Crippen molar-refractivity contribution < 1.29 is 8.42 Å². The molecule has 0 aliphatic carbocycles. The van der Waals surface area contributed by atoms with Gasteiger partial charge in [-0.25, -0.2) is 8.42 Å². The molecule has 0 aromatic heterocycles. The van der Waals surface area contributed by atoms with Crippen LogP contribution in [0.4, 0.5) is 0 Å². The molecule has 0 unspecified atom stereocenters. The molecule has 1 aromatic rings. The van der Waals surface area contributed by atoms with Crippen molar-refractivity contribution in [1.82, 2.24) is 4.31 Å². The van der Waals surface area contributed by atoms with Crippen molar-refractivity contribution in [3.05, 3.63) is 29.8 Å². The Morgan fingerprint density at radius 2 is 1.79 bits per heavy atom. The number of aryl methyl sites for hydroxylation is 1. The predicted molar refractivity (Wildman–Crippen MR) is 79.4 cm³/mol. The molecule has 1 aromatic carbocycles. The molecule has 0 amide bonds. The smallest absolute Gasteiger partial charge is 0.243 e. The Morgan fingerprint density at radius 1 is 1.26 bits per heavy atom. The van der Waals surface area contributed by atoms with Crippen LogP contribution in [0.2, 0.25) is 0 Å². The highest BCUT2D eigenvalue weighted by Crippen LogP contribution is 2.24. The molecule has 2 rings (SSSR count). The van der Waals surface area contributed by atoms with Crippen molar-refractivity contribution in [3.63, 3.8) is 0 Å². The molecule has 1 aliphatic rings. The molecular weight excluding hydrogens is 280 g/mol. The van der Waals surface area contributed by atoms with E-state index in [1.165, 1.54) is 4.31 Å². The van der Waals surface area contributed by atoms with E-state index in [4.69, 9.17) is 18.0 Å². The summed E-state index contributed by atoms with van der Waals surface area (Å²) in [6.07, 6.45) is 1.42. The fraction of sp³-hybridized carbons (Fsp3) is 0.462. The quantitative estimate of drug-likeness (QED) is 0.862. The minimum atomic E-state index is -3.38. The van der Waals surface area contributed by atoms with E-state index < -0.39 is 10.0 Å².